The van der Waals surface area contributed by atoms with Crippen LogP contribution in [0.25, 0.3) is 0 Å². The van der Waals surface area contributed by atoms with Crippen LogP contribution in [0, 0.1) is 46.3 Å². The molecule has 25 atom stereocenters. The fraction of sp³-hybridized carbons (Fsp3) is 0.955. The van der Waals surface area contributed by atoms with Crippen molar-refractivity contribution in [2.45, 2.75) is 196 Å². The molecule has 3 saturated carbocycles. The molecule has 8 N–H and O–H groups in total. The van der Waals surface area contributed by atoms with Crippen LogP contribution in [-0.4, -0.2) is 165 Å². The van der Waals surface area contributed by atoms with Gasteiger partial charge in [0.05, 0.1) is 38.1 Å². The van der Waals surface area contributed by atoms with Crippen molar-refractivity contribution >= 4 is 0 Å². The lowest BCUT2D eigenvalue weighted by molar-refractivity contribution is -0.378. The summed E-state index contributed by atoms with van der Waals surface area (Å²) in [6, 6.07) is 0. The molecule has 9 aliphatic rings. The van der Waals surface area contributed by atoms with Crippen LogP contribution in [0.2, 0.25) is 0 Å². The fourth-order valence-corrected chi connectivity index (χ4v) is 13.8. The number of rotatable bonds is 7. The van der Waals surface area contributed by atoms with Gasteiger partial charge in [0.2, 0.25) is 0 Å². The van der Waals surface area contributed by atoms with Crippen molar-refractivity contribution in [2.24, 2.45) is 46.3 Å². The molecule has 0 aromatic heterocycles. The highest BCUT2D eigenvalue weighted by Gasteiger charge is 2.69. The van der Waals surface area contributed by atoms with Gasteiger partial charge in [0.15, 0.2) is 24.7 Å². The maximum absolute atomic E-state index is 11.2. The minimum absolute atomic E-state index is 0.0394. The zero-order valence-electron chi connectivity index (χ0n) is 35.6. The lowest BCUT2D eigenvalue weighted by atomic mass is 9.47. The highest BCUT2D eigenvalue weighted by molar-refractivity contribution is 5.26. The first-order valence-corrected chi connectivity index (χ1v) is 22.8. The average molecular weight is 855 g/mol. The largest absolute Gasteiger partial charge is 0.394 e. The van der Waals surface area contributed by atoms with Gasteiger partial charge in [-0.15, -0.1) is 0 Å². The topological polar surface area (TPSA) is 236 Å². The number of allylic oxidation sites excluding steroid dienone is 1. The van der Waals surface area contributed by atoms with Crippen molar-refractivity contribution in [3.8, 4) is 0 Å². The third-order valence-corrected chi connectivity index (χ3v) is 17.3. The van der Waals surface area contributed by atoms with Crippen molar-refractivity contribution in [3.63, 3.8) is 0 Å². The SMILES string of the molecule is C[C@@H]1CC[C@@]2(OC1)O[C@H]1C[C@H]3[C@@H]4CC=C5C[C@@H](O[C@@H]6OC[C@H](O)[C@H](O)[C@H]6O[C@@H]6O[C@@H](C)[C@H](O[C@@H]7O[C@H](CO)[C@H](O)[C@H](O)[C@H]7O)[C@@H](O)[C@H]6O)CC[C@]5(C)[C@H]4CC[C@]3(C)[C@H]1[C@@H]2C. The van der Waals surface area contributed by atoms with E-state index in [4.69, 9.17) is 37.9 Å². The summed E-state index contributed by atoms with van der Waals surface area (Å²) in [5.74, 6) is 2.82. The Balaban J connectivity index is 0.840. The van der Waals surface area contributed by atoms with Crippen LogP contribution in [0.15, 0.2) is 11.6 Å². The molecular weight excluding hydrogens is 784 g/mol. The van der Waals surface area contributed by atoms with Crippen LogP contribution < -0.4 is 0 Å². The lowest BCUT2D eigenvalue weighted by Crippen LogP contribution is -2.65. The molecule has 60 heavy (non-hydrogen) atoms. The van der Waals surface area contributed by atoms with E-state index in [-0.39, 0.29) is 29.6 Å². The van der Waals surface area contributed by atoms with Crippen molar-refractivity contribution in [1.29, 1.82) is 0 Å². The molecule has 5 aliphatic heterocycles. The minimum Gasteiger partial charge on any atom is -0.394 e. The van der Waals surface area contributed by atoms with Crippen LogP contribution in [-0.2, 0) is 37.9 Å². The zero-order valence-corrected chi connectivity index (χ0v) is 35.6. The van der Waals surface area contributed by atoms with Crippen LogP contribution in [0.3, 0.4) is 0 Å². The summed E-state index contributed by atoms with van der Waals surface area (Å²) in [6.07, 6.45) is -8.70. The Labute approximate surface area is 352 Å². The highest BCUT2D eigenvalue weighted by atomic mass is 16.8. The Morgan fingerprint density at radius 2 is 1.47 bits per heavy atom. The van der Waals surface area contributed by atoms with E-state index in [1.807, 2.05) is 0 Å². The monoisotopic (exact) mass is 854 g/mol. The highest BCUT2D eigenvalue weighted by Crippen LogP contribution is 2.70. The second-order valence-corrected chi connectivity index (χ2v) is 20.6. The first-order valence-electron chi connectivity index (χ1n) is 22.8. The maximum Gasteiger partial charge on any atom is 0.187 e. The van der Waals surface area contributed by atoms with Crippen LogP contribution >= 0.6 is 0 Å². The molecule has 4 aliphatic carbocycles. The predicted octanol–water partition coefficient (Wildman–Crippen LogP) is 0.853. The van der Waals surface area contributed by atoms with E-state index in [0.29, 0.717) is 41.9 Å². The summed E-state index contributed by atoms with van der Waals surface area (Å²) in [6.45, 7) is 11.1. The van der Waals surface area contributed by atoms with Gasteiger partial charge < -0.3 is 78.7 Å². The Hall–Kier alpha value is -0.900. The summed E-state index contributed by atoms with van der Waals surface area (Å²) in [5.41, 5.74) is 1.67. The number of hydrogen-bond acceptors (Lipinski definition) is 16. The Morgan fingerprint density at radius 1 is 0.733 bits per heavy atom. The van der Waals surface area contributed by atoms with Gasteiger partial charge in [-0.25, -0.2) is 0 Å². The Bertz CT molecular complexity index is 1560. The first kappa shape index (κ1) is 44.3. The summed E-state index contributed by atoms with van der Waals surface area (Å²) < 4.78 is 49.3. The normalized spacial score (nSPS) is 57.9. The van der Waals surface area contributed by atoms with E-state index in [0.717, 1.165) is 45.1 Å². The molecule has 5 saturated heterocycles. The molecule has 0 unspecified atom stereocenters. The number of ether oxygens (including phenoxy) is 8. The Kier molecular flexibility index (Phi) is 12.2. The van der Waals surface area contributed by atoms with Gasteiger partial charge in [0, 0.05) is 12.3 Å². The van der Waals surface area contributed by atoms with E-state index in [2.05, 4.69) is 33.8 Å². The molecule has 0 bridgehead atoms. The molecule has 342 valence electrons. The van der Waals surface area contributed by atoms with Crippen molar-refractivity contribution in [3.05, 3.63) is 11.6 Å². The first-order chi connectivity index (χ1) is 28.5. The Morgan fingerprint density at radius 3 is 2.20 bits per heavy atom. The smallest absolute Gasteiger partial charge is 0.187 e. The summed E-state index contributed by atoms with van der Waals surface area (Å²) >= 11 is 0. The maximum atomic E-state index is 11.2. The average Bonchev–Trinajstić information content (AvgIpc) is 3.67. The standard InChI is InChI=1S/C44H70O16/c1-19-8-13-44(54-17-19)20(2)30-28(60-44)15-26-24-7-6-22-14-23(9-11-42(22,4)25(24)10-12-43(26,30)5)56-41-38(31(47)27(46)18-53-41)59-39-36(52)34(50)37(21(3)55-39)58-40-35(51)33(49)32(48)29(16-45)57-40/h6,19-21,23-41,45-52H,7-18H2,1-5H3/t19-,20+,21+,23+,24-,25+,26+,27+,28+,29-,30+,31+,32+,33+,34+,35-,36-,37+,38-,39+,40+,41+,42+,43+,44-/m1/s1. The second kappa shape index (κ2) is 16.5. The van der Waals surface area contributed by atoms with Gasteiger partial charge in [0.1, 0.15) is 61.0 Å². The molecule has 9 rings (SSSR count). The van der Waals surface area contributed by atoms with E-state index in [1.54, 1.807) is 0 Å². The van der Waals surface area contributed by atoms with Crippen molar-refractivity contribution < 1.29 is 78.7 Å². The van der Waals surface area contributed by atoms with Gasteiger partial charge in [0.25, 0.3) is 0 Å². The summed E-state index contributed by atoms with van der Waals surface area (Å²) in [4.78, 5) is 0. The minimum atomic E-state index is -1.74. The van der Waals surface area contributed by atoms with Gasteiger partial charge in [-0.2, -0.15) is 0 Å². The van der Waals surface area contributed by atoms with Crippen molar-refractivity contribution in [2.75, 3.05) is 19.8 Å². The second-order valence-electron chi connectivity index (χ2n) is 20.6. The summed E-state index contributed by atoms with van der Waals surface area (Å²) in [7, 11) is 0. The van der Waals surface area contributed by atoms with Crippen LogP contribution in [0.1, 0.15) is 92.4 Å². The van der Waals surface area contributed by atoms with Gasteiger partial charge in [-0.3, -0.25) is 0 Å². The third kappa shape index (κ3) is 7.19. The molecule has 5 heterocycles. The van der Waals surface area contributed by atoms with Gasteiger partial charge in [-0.1, -0.05) is 39.3 Å². The molecule has 16 nitrogen and oxygen atoms in total. The summed E-state index contributed by atoms with van der Waals surface area (Å²) in [5, 5.41) is 84.6. The van der Waals surface area contributed by atoms with Gasteiger partial charge >= 0.3 is 0 Å². The third-order valence-electron chi connectivity index (χ3n) is 17.3. The molecule has 0 radical (unpaired) electrons. The molecule has 0 amide bonds. The van der Waals surface area contributed by atoms with E-state index >= 15 is 0 Å². The van der Waals surface area contributed by atoms with E-state index < -0.39 is 98.4 Å². The number of fused-ring (bicyclic) bond motifs is 7. The zero-order chi connectivity index (χ0) is 42.6. The predicted molar refractivity (Wildman–Crippen MR) is 208 cm³/mol. The number of aliphatic hydroxyl groups excluding tert-OH is 8. The molecule has 1 spiro atoms. The van der Waals surface area contributed by atoms with Crippen molar-refractivity contribution in [1.82, 2.24) is 0 Å². The molecular formula is C44H70O16. The van der Waals surface area contributed by atoms with Crippen LogP contribution in [0.4, 0.5) is 0 Å². The quantitative estimate of drug-likeness (QED) is 0.166. The van der Waals surface area contributed by atoms with Crippen LogP contribution in [0.5, 0.6) is 0 Å². The van der Waals surface area contributed by atoms with Gasteiger partial charge in [-0.05, 0) is 98.7 Å². The lowest BCUT2D eigenvalue weighted by Gasteiger charge is -2.58. The molecule has 8 fully saturated rings. The molecule has 16 heteroatoms. The fourth-order valence-electron chi connectivity index (χ4n) is 13.8. The molecule has 0 aromatic carbocycles. The van der Waals surface area contributed by atoms with E-state index in [9.17, 15) is 40.9 Å². The number of hydrogen-bond donors (Lipinski definition) is 8. The van der Waals surface area contributed by atoms with E-state index in [1.165, 1.54) is 25.3 Å². The number of aliphatic hydroxyl groups is 8. The molecule has 0 aromatic rings.